The minimum absolute atomic E-state index is 0.141. The average Bonchev–Trinajstić information content (AvgIpc) is 2.13. The predicted octanol–water partition coefficient (Wildman–Crippen LogP) is 4.63. The van der Waals surface area contributed by atoms with Gasteiger partial charge in [0.15, 0.2) is 8.32 Å². The van der Waals surface area contributed by atoms with Crippen LogP contribution < -0.4 is 0 Å². The van der Waals surface area contributed by atoms with Crippen molar-refractivity contribution in [2.45, 2.75) is 46.5 Å². The second kappa shape index (κ2) is 4.72. The molecule has 0 radical (unpaired) electrons. The highest BCUT2D eigenvalue weighted by molar-refractivity contribution is 6.69. The molecule has 0 aliphatic rings. The number of benzene rings is 1. The SMILES string of the molecule is CC(C)(C)[C@@H](O[Si](C)(C)C)c1ccccc1. The number of hydrogen-bond donors (Lipinski definition) is 0. The summed E-state index contributed by atoms with van der Waals surface area (Å²) in [6.07, 6.45) is 0.195. The highest BCUT2D eigenvalue weighted by atomic mass is 28.4. The van der Waals surface area contributed by atoms with Gasteiger partial charge in [0.1, 0.15) is 0 Å². The van der Waals surface area contributed by atoms with Crippen molar-refractivity contribution >= 4 is 8.32 Å². The lowest BCUT2D eigenvalue weighted by Crippen LogP contribution is -2.33. The molecule has 0 bridgehead atoms. The normalized spacial score (nSPS) is 14.9. The maximum Gasteiger partial charge on any atom is 0.184 e. The van der Waals surface area contributed by atoms with Crippen LogP contribution in [-0.2, 0) is 4.43 Å². The molecule has 1 aromatic carbocycles. The first-order valence-electron chi connectivity index (χ1n) is 5.93. The third-order valence-corrected chi connectivity index (χ3v) is 3.30. The molecule has 2 heteroatoms. The summed E-state index contributed by atoms with van der Waals surface area (Å²) in [4.78, 5) is 0. The lowest BCUT2D eigenvalue weighted by Gasteiger charge is -2.36. The molecule has 1 atom stereocenters. The Morgan fingerprint density at radius 3 is 1.88 bits per heavy atom. The molecular formula is C14H24OSi. The fourth-order valence-electron chi connectivity index (χ4n) is 1.73. The zero-order chi connectivity index (χ0) is 12.4. The van der Waals surface area contributed by atoms with E-state index in [9.17, 15) is 0 Å². The minimum atomic E-state index is -1.51. The maximum atomic E-state index is 6.33. The lowest BCUT2D eigenvalue weighted by atomic mass is 9.85. The maximum absolute atomic E-state index is 6.33. The summed E-state index contributed by atoms with van der Waals surface area (Å²) in [7, 11) is -1.51. The van der Waals surface area contributed by atoms with E-state index < -0.39 is 8.32 Å². The van der Waals surface area contributed by atoms with Gasteiger partial charge in [0.25, 0.3) is 0 Å². The first-order valence-corrected chi connectivity index (χ1v) is 9.34. The van der Waals surface area contributed by atoms with Crippen molar-refractivity contribution in [2.75, 3.05) is 0 Å². The second-order valence-corrected chi connectivity index (χ2v) is 10.8. The molecule has 0 unspecified atom stereocenters. The van der Waals surface area contributed by atoms with Crippen molar-refractivity contribution in [3.05, 3.63) is 35.9 Å². The van der Waals surface area contributed by atoms with Gasteiger partial charge < -0.3 is 4.43 Å². The summed E-state index contributed by atoms with van der Waals surface area (Å²) in [5, 5.41) is 0. The van der Waals surface area contributed by atoms with Gasteiger partial charge in [-0.05, 0) is 30.6 Å². The highest BCUT2D eigenvalue weighted by Gasteiger charge is 2.31. The molecule has 0 aliphatic carbocycles. The van der Waals surface area contributed by atoms with Crippen molar-refractivity contribution in [1.29, 1.82) is 0 Å². The van der Waals surface area contributed by atoms with E-state index >= 15 is 0 Å². The van der Waals surface area contributed by atoms with Gasteiger partial charge >= 0.3 is 0 Å². The van der Waals surface area contributed by atoms with E-state index in [0.29, 0.717) is 0 Å². The van der Waals surface area contributed by atoms with Crippen LogP contribution in [0.1, 0.15) is 32.4 Å². The van der Waals surface area contributed by atoms with Crippen LogP contribution >= 0.6 is 0 Å². The van der Waals surface area contributed by atoms with Gasteiger partial charge in [0, 0.05) is 0 Å². The molecule has 16 heavy (non-hydrogen) atoms. The molecule has 0 fully saturated rings. The average molecular weight is 236 g/mol. The molecular weight excluding hydrogens is 212 g/mol. The van der Waals surface area contributed by atoms with E-state index in [0.717, 1.165) is 0 Å². The van der Waals surface area contributed by atoms with Crippen molar-refractivity contribution in [1.82, 2.24) is 0 Å². The number of hydrogen-bond acceptors (Lipinski definition) is 1. The smallest absolute Gasteiger partial charge is 0.184 e. The zero-order valence-corrected chi connectivity index (χ0v) is 12.4. The molecule has 1 rings (SSSR count). The summed E-state index contributed by atoms with van der Waals surface area (Å²) in [6, 6.07) is 10.5. The van der Waals surface area contributed by atoms with Crippen molar-refractivity contribution < 1.29 is 4.43 Å². The Balaban J connectivity index is 2.98. The molecule has 1 aromatic rings. The van der Waals surface area contributed by atoms with Crippen LogP contribution in [0.4, 0.5) is 0 Å². The molecule has 0 spiro atoms. The predicted molar refractivity (Wildman–Crippen MR) is 73.1 cm³/mol. The topological polar surface area (TPSA) is 9.23 Å². The summed E-state index contributed by atoms with van der Waals surface area (Å²) in [6.45, 7) is 13.5. The van der Waals surface area contributed by atoms with E-state index in [2.05, 4.69) is 70.7 Å². The van der Waals surface area contributed by atoms with Gasteiger partial charge in [-0.3, -0.25) is 0 Å². The summed E-state index contributed by atoms with van der Waals surface area (Å²) in [5.74, 6) is 0. The largest absolute Gasteiger partial charge is 0.410 e. The first-order chi connectivity index (χ1) is 7.20. The van der Waals surface area contributed by atoms with Crippen LogP contribution in [0, 0.1) is 5.41 Å². The Morgan fingerprint density at radius 2 is 1.50 bits per heavy atom. The molecule has 0 aromatic heterocycles. The van der Waals surface area contributed by atoms with E-state index in [1.807, 2.05) is 0 Å². The minimum Gasteiger partial charge on any atom is -0.410 e. The Morgan fingerprint density at radius 1 is 1.00 bits per heavy atom. The van der Waals surface area contributed by atoms with Gasteiger partial charge in [-0.1, -0.05) is 51.1 Å². The van der Waals surface area contributed by atoms with Crippen molar-refractivity contribution in [3.8, 4) is 0 Å². The van der Waals surface area contributed by atoms with Gasteiger partial charge in [-0.15, -0.1) is 0 Å². The van der Waals surface area contributed by atoms with E-state index in [4.69, 9.17) is 4.43 Å². The van der Waals surface area contributed by atoms with Crippen LogP contribution in [-0.4, -0.2) is 8.32 Å². The quantitative estimate of drug-likeness (QED) is 0.696. The van der Waals surface area contributed by atoms with E-state index in [1.54, 1.807) is 0 Å². The van der Waals surface area contributed by atoms with Crippen LogP contribution in [0.25, 0.3) is 0 Å². The Kier molecular flexibility index (Phi) is 3.97. The third-order valence-electron chi connectivity index (χ3n) is 2.36. The molecule has 1 nitrogen and oxygen atoms in total. The van der Waals surface area contributed by atoms with Crippen molar-refractivity contribution in [3.63, 3.8) is 0 Å². The zero-order valence-electron chi connectivity index (χ0n) is 11.4. The summed E-state index contributed by atoms with van der Waals surface area (Å²) >= 11 is 0. The van der Waals surface area contributed by atoms with Gasteiger partial charge in [0.05, 0.1) is 6.10 Å². The van der Waals surface area contributed by atoms with E-state index in [1.165, 1.54) is 5.56 Å². The second-order valence-electron chi connectivity index (χ2n) is 6.39. The highest BCUT2D eigenvalue weighted by Crippen LogP contribution is 2.37. The van der Waals surface area contributed by atoms with Crippen LogP contribution in [0.15, 0.2) is 30.3 Å². The molecule has 0 heterocycles. The first kappa shape index (κ1) is 13.5. The standard InChI is InChI=1S/C14H24OSi/c1-14(2,3)13(15-16(4,5)6)12-10-8-7-9-11-12/h7-11,13H,1-6H3/t13-/m0/s1. The molecule has 0 saturated heterocycles. The Hall–Kier alpha value is -0.603. The molecule has 0 aliphatic heterocycles. The van der Waals surface area contributed by atoms with Gasteiger partial charge in [-0.2, -0.15) is 0 Å². The molecule has 0 amide bonds. The van der Waals surface area contributed by atoms with Crippen LogP contribution in [0.3, 0.4) is 0 Å². The monoisotopic (exact) mass is 236 g/mol. The molecule has 0 N–H and O–H groups in total. The third kappa shape index (κ3) is 4.10. The molecule has 90 valence electrons. The molecule has 0 saturated carbocycles. The van der Waals surface area contributed by atoms with Crippen LogP contribution in [0.2, 0.25) is 19.6 Å². The van der Waals surface area contributed by atoms with E-state index in [-0.39, 0.29) is 11.5 Å². The summed E-state index contributed by atoms with van der Waals surface area (Å²) < 4.78 is 6.33. The van der Waals surface area contributed by atoms with Crippen molar-refractivity contribution in [2.24, 2.45) is 5.41 Å². The fourth-order valence-corrected chi connectivity index (χ4v) is 2.92. The number of rotatable bonds is 3. The summed E-state index contributed by atoms with van der Waals surface area (Å²) in [5.41, 5.74) is 1.43. The Labute approximate surface area is 101 Å². The lowest BCUT2D eigenvalue weighted by molar-refractivity contribution is 0.0798. The fraction of sp³-hybridized carbons (Fsp3) is 0.571. The van der Waals surface area contributed by atoms with Crippen LogP contribution in [0.5, 0.6) is 0 Å². The Bertz CT molecular complexity index is 319. The van der Waals surface area contributed by atoms with Gasteiger partial charge in [0.2, 0.25) is 0 Å². The van der Waals surface area contributed by atoms with Gasteiger partial charge in [-0.25, -0.2) is 0 Å².